The van der Waals surface area contributed by atoms with Crippen LogP contribution in [0.25, 0.3) is 0 Å². The number of alkyl halides is 3. The minimum Gasteiger partial charge on any atom is -0.398 e. The zero-order chi connectivity index (χ0) is 19.7. The molecular weight excluding hydrogens is 389 g/mol. The topological polar surface area (TPSA) is 63.4 Å². The van der Waals surface area contributed by atoms with Gasteiger partial charge in [-0.2, -0.15) is 13.2 Å². The van der Waals surface area contributed by atoms with E-state index in [0.717, 1.165) is 12.1 Å². The number of benzene rings is 2. The lowest BCUT2D eigenvalue weighted by Gasteiger charge is -2.24. The van der Waals surface area contributed by atoms with Crippen LogP contribution in [0.1, 0.15) is 19.4 Å². The van der Waals surface area contributed by atoms with Crippen molar-refractivity contribution in [2.24, 2.45) is 0 Å². The van der Waals surface area contributed by atoms with E-state index in [1.807, 2.05) is 13.8 Å². The average Bonchev–Trinajstić information content (AvgIpc) is 2.55. The van der Waals surface area contributed by atoms with Crippen LogP contribution in [-0.2, 0) is 16.0 Å². The Hall–Kier alpha value is -1.93. The molecule has 0 aliphatic carbocycles. The Kier molecular flexibility index (Phi) is 5.77. The fraction of sp³-hybridized carbons (Fsp3) is 0.294. The minimum absolute atomic E-state index is 0.0558. The monoisotopic (exact) mass is 406 g/mol. The van der Waals surface area contributed by atoms with Gasteiger partial charge < -0.3 is 10.6 Å². The molecule has 26 heavy (non-hydrogen) atoms. The van der Waals surface area contributed by atoms with E-state index in [4.69, 9.17) is 17.3 Å². The minimum atomic E-state index is -4.77. The van der Waals surface area contributed by atoms with Crippen molar-refractivity contribution in [2.45, 2.75) is 29.8 Å². The maximum absolute atomic E-state index is 13.1. The lowest BCUT2D eigenvalue weighted by molar-refractivity contribution is -0.137. The van der Waals surface area contributed by atoms with Crippen molar-refractivity contribution in [1.82, 2.24) is 0 Å². The van der Waals surface area contributed by atoms with E-state index in [0.29, 0.717) is 24.8 Å². The van der Waals surface area contributed by atoms with Crippen LogP contribution in [-0.4, -0.2) is 21.5 Å². The van der Waals surface area contributed by atoms with E-state index in [2.05, 4.69) is 0 Å². The van der Waals surface area contributed by atoms with Gasteiger partial charge >= 0.3 is 6.18 Å². The van der Waals surface area contributed by atoms with Gasteiger partial charge in [0.2, 0.25) is 9.84 Å². The Balaban J connectivity index is 2.74. The molecule has 0 radical (unpaired) electrons. The van der Waals surface area contributed by atoms with E-state index in [1.54, 1.807) is 17.0 Å². The highest BCUT2D eigenvalue weighted by Crippen LogP contribution is 2.39. The largest absolute Gasteiger partial charge is 0.418 e. The Morgan fingerprint density at radius 2 is 1.73 bits per heavy atom. The molecule has 0 fully saturated rings. The van der Waals surface area contributed by atoms with Gasteiger partial charge in [0, 0.05) is 18.8 Å². The van der Waals surface area contributed by atoms with Gasteiger partial charge in [0.1, 0.15) is 4.90 Å². The van der Waals surface area contributed by atoms with Crippen LogP contribution >= 0.6 is 11.6 Å². The quantitative estimate of drug-likeness (QED) is 0.736. The summed E-state index contributed by atoms with van der Waals surface area (Å²) in [4.78, 5) is 1.03. The predicted molar refractivity (Wildman–Crippen MR) is 96.3 cm³/mol. The SMILES string of the molecule is CCN(CC)c1cccc(Cl)c1S(=O)(=O)c1ccc(N)c(C(F)(F)F)c1. The molecule has 0 aliphatic heterocycles. The first-order chi connectivity index (χ1) is 12.0. The fourth-order valence-electron chi connectivity index (χ4n) is 2.64. The average molecular weight is 407 g/mol. The summed E-state index contributed by atoms with van der Waals surface area (Å²) in [5.41, 5.74) is 3.96. The number of anilines is 2. The molecule has 2 N–H and O–H groups in total. The summed E-state index contributed by atoms with van der Waals surface area (Å²) in [7, 11) is -4.29. The Morgan fingerprint density at radius 1 is 1.12 bits per heavy atom. The molecule has 0 atom stereocenters. The summed E-state index contributed by atoms with van der Waals surface area (Å²) in [5, 5.41) is -0.0558. The van der Waals surface area contributed by atoms with Crippen LogP contribution in [0.3, 0.4) is 0 Å². The van der Waals surface area contributed by atoms with Gasteiger partial charge in [0.15, 0.2) is 0 Å². The first kappa shape index (κ1) is 20.4. The molecule has 142 valence electrons. The molecule has 0 aliphatic rings. The Morgan fingerprint density at radius 3 is 2.27 bits per heavy atom. The van der Waals surface area contributed by atoms with Gasteiger partial charge in [0.05, 0.1) is 21.2 Å². The van der Waals surface area contributed by atoms with Crippen molar-refractivity contribution in [3.8, 4) is 0 Å². The summed E-state index contributed by atoms with van der Waals surface area (Å²) in [5.74, 6) is 0. The number of nitrogens with two attached hydrogens (primary N) is 1. The fourth-order valence-corrected chi connectivity index (χ4v) is 4.67. The first-order valence-electron chi connectivity index (χ1n) is 7.79. The molecule has 0 amide bonds. The van der Waals surface area contributed by atoms with Crippen LogP contribution in [0.4, 0.5) is 24.5 Å². The third-order valence-corrected chi connectivity index (χ3v) is 6.23. The zero-order valence-corrected chi connectivity index (χ0v) is 15.7. The molecule has 2 rings (SSSR count). The summed E-state index contributed by atoms with van der Waals surface area (Å²) < 4.78 is 65.5. The molecule has 9 heteroatoms. The third kappa shape index (κ3) is 3.76. The van der Waals surface area contributed by atoms with Gasteiger partial charge in [-0.15, -0.1) is 0 Å². The lowest BCUT2D eigenvalue weighted by Crippen LogP contribution is -2.24. The first-order valence-corrected chi connectivity index (χ1v) is 9.65. The lowest BCUT2D eigenvalue weighted by atomic mass is 10.2. The molecule has 0 spiro atoms. The number of nitrogen functional groups attached to an aromatic ring is 1. The number of nitrogens with zero attached hydrogens (tertiary/aromatic N) is 1. The van der Waals surface area contributed by atoms with Crippen LogP contribution in [0.2, 0.25) is 5.02 Å². The molecule has 0 heterocycles. The number of hydrogen-bond donors (Lipinski definition) is 1. The zero-order valence-electron chi connectivity index (χ0n) is 14.1. The van der Waals surface area contributed by atoms with Gasteiger partial charge in [-0.1, -0.05) is 17.7 Å². The van der Waals surface area contributed by atoms with Crippen molar-refractivity contribution >= 4 is 32.8 Å². The number of rotatable bonds is 5. The maximum atomic E-state index is 13.1. The van der Waals surface area contributed by atoms with Gasteiger partial charge in [-0.25, -0.2) is 8.42 Å². The number of sulfone groups is 1. The summed E-state index contributed by atoms with van der Waals surface area (Å²) in [6, 6.07) is 7.09. The maximum Gasteiger partial charge on any atom is 0.418 e. The highest BCUT2D eigenvalue weighted by Gasteiger charge is 2.35. The number of halogens is 4. The van der Waals surface area contributed by atoms with Crippen LogP contribution in [0.15, 0.2) is 46.2 Å². The molecule has 0 aromatic heterocycles. The van der Waals surface area contributed by atoms with E-state index >= 15 is 0 Å². The van der Waals surface area contributed by atoms with Gasteiger partial charge in [-0.05, 0) is 44.2 Å². The third-order valence-electron chi connectivity index (χ3n) is 3.96. The second-order valence-corrected chi connectivity index (χ2v) is 7.80. The van der Waals surface area contributed by atoms with E-state index < -0.39 is 32.2 Å². The Bertz CT molecular complexity index is 911. The van der Waals surface area contributed by atoms with Crippen LogP contribution in [0.5, 0.6) is 0 Å². The molecule has 2 aromatic carbocycles. The van der Waals surface area contributed by atoms with E-state index in [1.165, 1.54) is 6.07 Å². The van der Waals surface area contributed by atoms with Crippen molar-refractivity contribution in [1.29, 1.82) is 0 Å². The van der Waals surface area contributed by atoms with Crippen LogP contribution in [0, 0.1) is 0 Å². The highest BCUT2D eigenvalue weighted by molar-refractivity contribution is 7.91. The van der Waals surface area contributed by atoms with E-state index in [9.17, 15) is 21.6 Å². The molecule has 2 aromatic rings. The molecule has 4 nitrogen and oxygen atoms in total. The highest BCUT2D eigenvalue weighted by atomic mass is 35.5. The second-order valence-electron chi connectivity index (χ2n) is 5.51. The molecule has 0 bridgehead atoms. The normalized spacial score (nSPS) is 12.2. The molecular formula is C17H18ClF3N2O2S. The van der Waals surface area contributed by atoms with Crippen LogP contribution < -0.4 is 10.6 Å². The molecule has 0 saturated carbocycles. The van der Waals surface area contributed by atoms with E-state index in [-0.39, 0.29) is 9.92 Å². The van der Waals surface area contributed by atoms with Crippen molar-refractivity contribution in [3.05, 3.63) is 47.0 Å². The summed E-state index contributed by atoms with van der Waals surface area (Å²) in [6.07, 6.45) is -4.77. The van der Waals surface area contributed by atoms with Crippen molar-refractivity contribution in [3.63, 3.8) is 0 Å². The van der Waals surface area contributed by atoms with Gasteiger partial charge in [0.25, 0.3) is 0 Å². The predicted octanol–water partition coefficient (Wildman–Crippen LogP) is 4.62. The summed E-state index contributed by atoms with van der Waals surface area (Å²) >= 11 is 6.13. The second kappa shape index (κ2) is 7.36. The Labute approximate surface area is 155 Å². The number of hydrogen-bond acceptors (Lipinski definition) is 4. The van der Waals surface area contributed by atoms with Crippen molar-refractivity contribution < 1.29 is 21.6 Å². The molecule has 0 saturated heterocycles. The summed E-state index contributed by atoms with van der Waals surface area (Å²) in [6.45, 7) is 4.70. The smallest absolute Gasteiger partial charge is 0.398 e. The molecule has 0 unspecified atom stereocenters. The van der Waals surface area contributed by atoms with Crippen molar-refractivity contribution in [2.75, 3.05) is 23.7 Å². The standard InChI is InChI=1S/C17H18ClF3N2O2S/c1-3-23(4-2)15-7-5-6-13(18)16(15)26(24,25)11-8-9-14(22)12(10-11)17(19,20)21/h5-10H,3-4,22H2,1-2H3. The van der Waals surface area contributed by atoms with Gasteiger partial charge in [-0.3, -0.25) is 0 Å².